The molecule has 1 saturated heterocycles. The van der Waals surface area contributed by atoms with Crippen molar-refractivity contribution in [3.63, 3.8) is 0 Å². The van der Waals surface area contributed by atoms with E-state index in [4.69, 9.17) is 0 Å². The van der Waals surface area contributed by atoms with Crippen LogP contribution in [0.15, 0.2) is 24.3 Å². The summed E-state index contributed by atoms with van der Waals surface area (Å²) < 4.78 is 27.6. The Morgan fingerprint density at radius 2 is 2.00 bits per heavy atom. The van der Waals surface area contributed by atoms with Crippen molar-refractivity contribution in [2.45, 2.75) is 31.9 Å². The summed E-state index contributed by atoms with van der Waals surface area (Å²) in [5, 5.41) is 2.99. The van der Waals surface area contributed by atoms with Gasteiger partial charge in [-0.1, -0.05) is 29.8 Å². The molecule has 2 rings (SSSR count). The van der Waals surface area contributed by atoms with E-state index in [1.54, 1.807) is 11.9 Å². The zero-order valence-electron chi connectivity index (χ0n) is 10.9. The molecule has 100 valence electrons. The quantitative estimate of drug-likeness (QED) is 0.891. The van der Waals surface area contributed by atoms with Crippen LogP contribution in [0.3, 0.4) is 0 Å². The van der Waals surface area contributed by atoms with Crippen molar-refractivity contribution in [1.29, 1.82) is 0 Å². The second-order valence-electron chi connectivity index (χ2n) is 5.21. The van der Waals surface area contributed by atoms with Crippen molar-refractivity contribution in [2.24, 2.45) is 0 Å². The molecule has 2 nitrogen and oxygen atoms in total. The Kier molecular flexibility index (Phi) is 3.97. The summed E-state index contributed by atoms with van der Waals surface area (Å²) in [5.41, 5.74) is 2.23. The van der Waals surface area contributed by atoms with Crippen LogP contribution < -0.4 is 5.32 Å². The molecule has 1 N–H and O–H groups in total. The molecule has 1 aromatic carbocycles. The van der Waals surface area contributed by atoms with Gasteiger partial charge in [-0.3, -0.25) is 0 Å². The average molecular weight is 254 g/mol. The Morgan fingerprint density at radius 1 is 1.33 bits per heavy atom. The number of alkyl halides is 2. The van der Waals surface area contributed by atoms with Crippen LogP contribution in [0.2, 0.25) is 0 Å². The van der Waals surface area contributed by atoms with Crippen LogP contribution in [0, 0.1) is 6.92 Å². The van der Waals surface area contributed by atoms with Crippen LogP contribution in [0.4, 0.5) is 8.78 Å². The van der Waals surface area contributed by atoms with Gasteiger partial charge in [0.05, 0.1) is 12.6 Å². The average Bonchev–Trinajstić information content (AvgIpc) is 2.29. The first-order valence-electron chi connectivity index (χ1n) is 6.33. The van der Waals surface area contributed by atoms with Gasteiger partial charge >= 0.3 is 0 Å². The molecule has 0 unspecified atom stereocenters. The first-order chi connectivity index (χ1) is 8.47. The van der Waals surface area contributed by atoms with E-state index in [0.717, 1.165) is 12.1 Å². The van der Waals surface area contributed by atoms with Crippen LogP contribution in [-0.4, -0.2) is 37.0 Å². The standard InChI is InChI=1S/C14H20F2N2/c1-11-3-5-12(6-4-11)9-17-13-7-8-18(2)10-14(13,15)16/h3-6,13,17H,7-10H2,1-2H3/t13-/m1/s1. The van der Waals surface area contributed by atoms with Gasteiger partial charge in [0.1, 0.15) is 0 Å². The summed E-state index contributed by atoms with van der Waals surface area (Å²) in [6, 6.07) is 7.26. The first kappa shape index (κ1) is 13.4. The molecule has 1 heterocycles. The number of rotatable bonds is 3. The molecule has 0 bridgehead atoms. The van der Waals surface area contributed by atoms with Crippen LogP contribution in [0.5, 0.6) is 0 Å². The van der Waals surface area contributed by atoms with Crippen LogP contribution >= 0.6 is 0 Å². The molecule has 0 spiro atoms. The monoisotopic (exact) mass is 254 g/mol. The molecule has 1 aromatic rings. The Hall–Kier alpha value is -1.00. The molecule has 0 saturated carbocycles. The molecule has 0 radical (unpaired) electrons. The number of hydrogen-bond donors (Lipinski definition) is 1. The number of nitrogens with zero attached hydrogens (tertiary/aromatic N) is 1. The van der Waals surface area contributed by atoms with Crippen molar-refractivity contribution in [2.75, 3.05) is 20.1 Å². The lowest BCUT2D eigenvalue weighted by atomic mass is 10.0. The van der Waals surface area contributed by atoms with Crippen molar-refractivity contribution < 1.29 is 8.78 Å². The minimum atomic E-state index is -2.64. The molecule has 1 fully saturated rings. The molecule has 0 aromatic heterocycles. The van der Waals surface area contributed by atoms with E-state index in [9.17, 15) is 8.78 Å². The largest absolute Gasteiger partial charge is 0.304 e. The van der Waals surface area contributed by atoms with E-state index < -0.39 is 12.0 Å². The summed E-state index contributed by atoms with van der Waals surface area (Å²) in [7, 11) is 1.74. The van der Waals surface area contributed by atoms with Crippen molar-refractivity contribution >= 4 is 0 Å². The fraction of sp³-hybridized carbons (Fsp3) is 0.571. The maximum absolute atomic E-state index is 13.8. The SMILES string of the molecule is Cc1ccc(CN[C@@H]2CCN(C)CC2(F)F)cc1. The van der Waals surface area contributed by atoms with Crippen LogP contribution in [0.25, 0.3) is 0 Å². The van der Waals surface area contributed by atoms with E-state index >= 15 is 0 Å². The van der Waals surface area contributed by atoms with Gasteiger partial charge in [0.2, 0.25) is 0 Å². The van der Waals surface area contributed by atoms with Crippen LogP contribution in [-0.2, 0) is 6.54 Å². The fourth-order valence-corrected chi connectivity index (χ4v) is 2.31. The topological polar surface area (TPSA) is 15.3 Å². The van der Waals surface area contributed by atoms with E-state index in [2.05, 4.69) is 5.32 Å². The molecular weight excluding hydrogens is 234 g/mol. The van der Waals surface area contributed by atoms with E-state index in [1.807, 2.05) is 31.2 Å². The summed E-state index contributed by atoms with van der Waals surface area (Å²) in [5.74, 6) is -2.64. The second-order valence-corrected chi connectivity index (χ2v) is 5.21. The normalized spacial score (nSPS) is 24.1. The van der Waals surface area contributed by atoms with Crippen molar-refractivity contribution in [1.82, 2.24) is 10.2 Å². The van der Waals surface area contributed by atoms with Crippen molar-refractivity contribution in [3.8, 4) is 0 Å². The lowest BCUT2D eigenvalue weighted by molar-refractivity contribution is -0.0847. The number of piperidine rings is 1. The van der Waals surface area contributed by atoms with E-state index in [0.29, 0.717) is 13.0 Å². The molecule has 1 atom stereocenters. The lowest BCUT2D eigenvalue weighted by Gasteiger charge is -2.37. The molecule has 1 aliphatic rings. The number of halogens is 2. The molecule has 0 aliphatic carbocycles. The number of likely N-dealkylation sites (tertiary alicyclic amines) is 1. The Labute approximate surface area is 107 Å². The third kappa shape index (κ3) is 3.27. The van der Waals surface area contributed by atoms with Gasteiger partial charge in [0.15, 0.2) is 0 Å². The summed E-state index contributed by atoms with van der Waals surface area (Å²) in [6.07, 6.45) is 0.495. The second kappa shape index (κ2) is 5.33. The predicted octanol–water partition coefficient (Wildman–Crippen LogP) is 2.42. The molecule has 1 aliphatic heterocycles. The minimum absolute atomic E-state index is 0.154. The van der Waals surface area contributed by atoms with Gasteiger partial charge in [-0.05, 0) is 32.5 Å². The maximum Gasteiger partial charge on any atom is 0.275 e. The van der Waals surface area contributed by atoms with E-state index in [-0.39, 0.29) is 6.54 Å². The van der Waals surface area contributed by atoms with Gasteiger partial charge in [-0.25, -0.2) is 8.78 Å². The minimum Gasteiger partial charge on any atom is -0.304 e. The predicted molar refractivity (Wildman–Crippen MR) is 68.9 cm³/mol. The molecular formula is C14H20F2N2. The fourth-order valence-electron chi connectivity index (χ4n) is 2.31. The number of hydrogen-bond acceptors (Lipinski definition) is 2. The van der Waals surface area contributed by atoms with Crippen LogP contribution in [0.1, 0.15) is 17.5 Å². The number of aryl methyl sites for hydroxylation is 1. The molecule has 4 heteroatoms. The highest BCUT2D eigenvalue weighted by molar-refractivity contribution is 5.21. The third-order valence-corrected chi connectivity index (χ3v) is 3.46. The summed E-state index contributed by atoms with van der Waals surface area (Å²) in [6.45, 7) is 3.09. The Morgan fingerprint density at radius 3 is 2.61 bits per heavy atom. The van der Waals surface area contributed by atoms with Gasteiger partial charge < -0.3 is 10.2 Å². The third-order valence-electron chi connectivity index (χ3n) is 3.46. The Bertz CT molecular complexity index is 389. The number of benzene rings is 1. The molecule has 0 amide bonds. The maximum atomic E-state index is 13.8. The highest BCUT2D eigenvalue weighted by Gasteiger charge is 2.43. The zero-order chi connectivity index (χ0) is 13.2. The van der Waals surface area contributed by atoms with E-state index in [1.165, 1.54) is 5.56 Å². The van der Waals surface area contributed by atoms with Gasteiger partial charge in [-0.2, -0.15) is 0 Å². The van der Waals surface area contributed by atoms with Crippen molar-refractivity contribution in [3.05, 3.63) is 35.4 Å². The lowest BCUT2D eigenvalue weighted by Crippen LogP contribution is -2.55. The smallest absolute Gasteiger partial charge is 0.275 e. The first-order valence-corrected chi connectivity index (χ1v) is 6.33. The van der Waals surface area contributed by atoms with Gasteiger partial charge in [-0.15, -0.1) is 0 Å². The Balaban J connectivity index is 1.91. The van der Waals surface area contributed by atoms with Gasteiger partial charge in [0.25, 0.3) is 5.92 Å². The highest BCUT2D eigenvalue weighted by Crippen LogP contribution is 2.26. The molecule has 18 heavy (non-hydrogen) atoms. The summed E-state index contributed by atoms with van der Waals surface area (Å²) in [4.78, 5) is 1.68. The van der Waals surface area contributed by atoms with Gasteiger partial charge in [0, 0.05) is 6.54 Å². The zero-order valence-corrected chi connectivity index (χ0v) is 10.9. The highest BCUT2D eigenvalue weighted by atomic mass is 19.3. The summed E-state index contributed by atoms with van der Waals surface area (Å²) >= 11 is 0. The number of nitrogens with one attached hydrogen (secondary N) is 1.